The Hall–Kier alpha value is -1.11. The Labute approximate surface area is 169 Å². The van der Waals surface area contributed by atoms with Crippen molar-refractivity contribution in [3.63, 3.8) is 0 Å². The zero-order chi connectivity index (χ0) is 19.7. The molecule has 0 spiro atoms. The molecule has 2 aromatic rings. The third-order valence-electron chi connectivity index (χ3n) is 3.59. The van der Waals surface area contributed by atoms with Gasteiger partial charge in [-0.25, -0.2) is 8.78 Å². The Morgan fingerprint density at radius 3 is 2.15 bits per heavy atom. The molecule has 142 valence electrons. The Kier molecular flexibility index (Phi) is 10.2. The topological polar surface area (TPSA) is 37.3 Å². The van der Waals surface area contributed by atoms with E-state index in [0.717, 1.165) is 21.8 Å². The van der Waals surface area contributed by atoms with Crippen molar-refractivity contribution >= 4 is 37.6 Å². The number of Topliss-reactive ketones (excluding diaryl/α,β-unsaturated/α-hetero) is 1. The van der Waals surface area contributed by atoms with Crippen molar-refractivity contribution in [1.29, 1.82) is 0 Å². The van der Waals surface area contributed by atoms with Crippen LogP contribution in [0.1, 0.15) is 61.6 Å². The summed E-state index contributed by atoms with van der Waals surface area (Å²) in [6.07, 6.45) is 1.88. The molecule has 0 radical (unpaired) electrons. The molecule has 0 saturated carbocycles. The van der Waals surface area contributed by atoms with E-state index in [4.69, 9.17) is 0 Å². The molecule has 0 bridgehead atoms. The summed E-state index contributed by atoms with van der Waals surface area (Å²) in [6, 6.07) is 9.00. The Bertz CT molecular complexity index is 736. The summed E-state index contributed by atoms with van der Waals surface area (Å²) in [4.78, 5) is 11.4. The summed E-state index contributed by atoms with van der Waals surface area (Å²) >= 11 is 6.43. The SMILES string of the molecule is CCCC(=O)c1cc(Br)ccc1F.CCCC(O)c1cc(Br)ccc1F. The number of halogens is 4. The third kappa shape index (κ3) is 7.25. The predicted molar refractivity (Wildman–Crippen MR) is 107 cm³/mol. The van der Waals surface area contributed by atoms with Gasteiger partial charge in [-0.3, -0.25) is 4.79 Å². The van der Waals surface area contributed by atoms with Gasteiger partial charge in [-0.15, -0.1) is 0 Å². The summed E-state index contributed by atoms with van der Waals surface area (Å²) in [5.41, 5.74) is 0.549. The molecular weight excluding hydrogens is 470 g/mol. The van der Waals surface area contributed by atoms with Crippen LogP contribution in [0, 0.1) is 11.6 Å². The van der Waals surface area contributed by atoms with Gasteiger partial charge < -0.3 is 5.11 Å². The van der Waals surface area contributed by atoms with Crippen LogP contribution in [0.3, 0.4) is 0 Å². The van der Waals surface area contributed by atoms with Crippen LogP contribution in [0.2, 0.25) is 0 Å². The number of ketones is 1. The normalized spacial score (nSPS) is 11.5. The molecule has 2 nitrogen and oxygen atoms in total. The monoisotopic (exact) mass is 490 g/mol. The number of hydrogen-bond donors (Lipinski definition) is 1. The number of hydrogen-bond acceptors (Lipinski definition) is 2. The fourth-order valence-corrected chi connectivity index (χ4v) is 3.01. The Morgan fingerprint density at radius 2 is 1.58 bits per heavy atom. The van der Waals surface area contributed by atoms with E-state index in [1.807, 2.05) is 13.8 Å². The first-order chi connectivity index (χ1) is 12.3. The smallest absolute Gasteiger partial charge is 0.165 e. The van der Waals surface area contributed by atoms with Crippen LogP contribution >= 0.6 is 31.9 Å². The van der Waals surface area contributed by atoms with E-state index in [0.29, 0.717) is 18.4 Å². The average molecular weight is 492 g/mol. The van der Waals surface area contributed by atoms with E-state index in [-0.39, 0.29) is 17.2 Å². The first-order valence-corrected chi connectivity index (χ1v) is 10.00. The first kappa shape index (κ1) is 22.9. The van der Waals surface area contributed by atoms with Gasteiger partial charge in [0, 0.05) is 20.9 Å². The fourth-order valence-electron chi connectivity index (χ4n) is 2.27. The predicted octanol–water partition coefficient (Wildman–Crippen LogP) is 6.99. The summed E-state index contributed by atoms with van der Waals surface area (Å²) < 4.78 is 27.8. The molecule has 0 aliphatic heterocycles. The highest BCUT2D eigenvalue weighted by Gasteiger charge is 2.12. The molecule has 6 heteroatoms. The summed E-state index contributed by atoms with van der Waals surface area (Å²) in [5.74, 6) is -0.924. The van der Waals surface area contributed by atoms with Crippen molar-refractivity contribution in [2.75, 3.05) is 0 Å². The highest BCUT2D eigenvalue weighted by atomic mass is 79.9. The number of benzene rings is 2. The second-order valence-corrected chi connectivity index (χ2v) is 7.60. The van der Waals surface area contributed by atoms with Gasteiger partial charge >= 0.3 is 0 Å². The van der Waals surface area contributed by atoms with E-state index in [9.17, 15) is 18.7 Å². The van der Waals surface area contributed by atoms with Gasteiger partial charge in [0.1, 0.15) is 11.6 Å². The van der Waals surface area contributed by atoms with Crippen LogP contribution in [0.5, 0.6) is 0 Å². The molecule has 1 N–H and O–H groups in total. The van der Waals surface area contributed by atoms with Crippen LogP contribution in [0.25, 0.3) is 0 Å². The number of aliphatic hydroxyl groups is 1. The van der Waals surface area contributed by atoms with Gasteiger partial charge in [0.25, 0.3) is 0 Å². The van der Waals surface area contributed by atoms with Crippen molar-refractivity contribution < 1.29 is 18.7 Å². The minimum atomic E-state index is -0.692. The van der Waals surface area contributed by atoms with Crippen molar-refractivity contribution in [2.24, 2.45) is 0 Å². The van der Waals surface area contributed by atoms with Crippen LogP contribution in [-0.2, 0) is 0 Å². The molecule has 0 aliphatic rings. The zero-order valence-corrected chi connectivity index (χ0v) is 17.9. The lowest BCUT2D eigenvalue weighted by molar-refractivity contribution is 0.0977. The molecule has 26 heavy (non-hydrogen) atoms. The fraction of sp³-hybridized carbons (Fsp3) is 0.350. The molecule has 1 unspecified atom stereocenters. The lowest BCUT2D eigenvalue weighted by Crippen LogP contribution is -2.01. The first-order valence-electron chi connectivity index (χ1n) is 8.41. The van der Waals surface area contributed by atoms with Gasteiger partial charge in [-0.2, -0.15) is 0 Å². The second-order valence-electron chi connectivity index (χ2n) is 5.77. The molecular formula is C20H22Br2F2O2. The molecule has 2 aromatic carbocycles. The van der Waals surface area contributed by atoms with Crippen LogP contribution in [0.15, 0.2) is 45.3 Å². The third-order valence-corrected chi connectivity index (χ3v) is 4.57. The van der Waals surface area contributed by atoms with Gasteiger partial charge in [-0.1, -0.05) is 52.1 Å². The van der Waals surface area contributed by atoms with Crippen molar-refractivity contribution in [1.82, 2.24) is 0 Å². The van der Waals surface area contributed by atoms with E-state index >= 15 is 0 Å². The molecule has 0 aliphatic carbocycles. The van der Waals surface area contributed by atoms with E-state index in [1.54, 1.807) is 18.2 Å². The van der Waals surface area contributed by atoms with Gasteiger partial charge in [0.05, 0.1) is 11.7 Å². The number of carbonyl (C=O) groups excluding carboxylic acids is 1. The van der Waals surface area contributed by atoms with Crippen molar-refractivity contribution in [3.05, 3.63) is 68.1 Å². The zero-order valence-electron chi connectivity index (χ0n) is 14.7. The number of aliphatic hydroxyl groups excluding tert-OH is 1. The molecule has 0 fully saturated rings. The lowest BCUT2D eigenvalue weighted by Gasteiger charge is -2.10. The minimum Gasteiger partial charge on any atom is -0.388 e. The van der Waals surface area contributed by atoms with Gasteiger partial charge in [0.2, 0.25) is 0 Å². The van der Waals surface area contributed by atoms with E-state index in [2.05, 4.69) is 31.9 Å². The van der Waals surface area contributed by atoms with Crippen LogP contribution in [0.4, 0.5) is 8.78 Å². The highest BCUT2D eigenvalue weighted by molar-refractivity contribution is 9.10. The van der Waals surface area contributed by atoms with Crippen LogP contribution < -0.4 is 0 Å². The molecule has 0 amide bonds. The maximum absolute atomic E-state index is 13.2. The quantitative estimate of drug-likeness (QED) is 0.442. The molecule has 0 heterocycles. The maximum atomic E-state index is 13.2. The molecule has 1 atom stereocenters. The maximum Gasteiger partial charge on any atom is 0.165 e. The highest BCUT2D eigenvalue weighted by Crippen LogP contribution is 2.24. The summed E-state index contributed by atoms with van der Waals surface area (Å²) in [7, 11) is 0. The van der Waals surface area contributed by atoms with Crippen molar-refractivity contribution in [3.8, 4) is 0 Å². The van der Waals surface area contributed by atoms with Gasteiger partial charge in [0.15, 0.2) is 5.78 Å². The lowest BCUT2D eigenvalue weighted by atomic mass is 10.1. The Balaban J connectivity index is 0.000000260. The Morgan fingerprint density at radius 1 is 1.00 bits per heavy atom. The largest absolute Gasteiger partial charge is 0.388 e. The average Bonchev–Trinajstić information content (AvgIpc) is 2.60. The standard InChI is InChI=1S/C10H12BrFO.C10H10BrFO/c2*1-2-3-10(13)8-6-7(11)4-5-9(8)12/h4-6,10,13H,2-3H2,1H3;4-6H,2-3H2,1H3. The van der Waals surface area contributed by atoms with E-state index < -0.39 is 11.9 Å². The number of rotatable bonds is 6. The number of carbonyl (C=O) groups is 1. The van der Waals surface area contributed by atoms with E-state index in [1.165, 1.54) is 18.2 Å². The minimum absolute atomic E-state index is 0.138. The molecule has 2 rings (SSSR count). The van der Waals surface area contributed by atoms with Crippen molar-refractivity contribution in [2.45, 2.75) is 45.6 Å². The van der Waals surface area contributed by atoms with Crippen LogP contribution in [-0.4, -0.2) is 10.9 Å². The summed E-state index contributed by atoms with van der Waals surface area (Å²) in [6.45, 7) is 3.85. The molecule has 0 saturated heterocycles. The second kappa shape index (κ2) is 11.6. The summed E-state index contributed by atoms with van der Waals surface area (Å²) in [5, 5.41) is 9.56. The van der Waals surface area contributed by atoms with Gasteiger partial charge in [-0.05, 0) is 49.2 Å². The molecule has 0 aromatic heterocycles.